The third kappa shape index (κ3) is 3.70. The van der Waals surface area contributed by atoms with Crippen LogP contribution in [-0.4, -0.2) is 35.3 Å². The molecule has 1 aromatic carbocycles. The van der Waals surface area contributed by atoms with Crippen molar-refractivity contribution in [2.45, 2.75) is 19.5 Å². The van der Waals surface area contributed by atoms with Gasteiger partial charge in [-0.2, -0.15) is 5.10 Å². The molecule has 1 atom stereocenters. The summed E-state index contributed by atoms with van der Waals surface area (Å²) in [5.74, 6) is -0.276. The monoisotopic (exact) mass is 354 g/mol. The lowest BCUT2D eigenvalue weighted by Crippen LogP contribution is -2.24. The minimum atomic E-state index is -0.417. The van der Waals surface area contributed by atoms with E-state index in [0.717, 1.165) is 34.4 Å². The van der Waals surface area contributed by atoms with Gasteiger partial charge in [-0.05, 0) is 60.2 Å². The fraction of sp³-hybridized carbons (Fsp3) is 0.400. The van der Waals surface area contributed by atoms with Gasteiger partial charge in [-0.15, -0.1) is 0 Å². The van der Waals surface area contributed by atoms with Crippen molar-refractivity contribution in [2.75, 3.05) is 20.6 Å². The molecule has 0 fully saturated rings. The number of nitrogens with two attached hydrogens (primary N) is 1. The fourth-order valence-electron chi connectivity index (χ4n) is 2.25. The van der Waals surface area contributed by atoms with Crippen molar-refractivity contribution in [1.82, 2.24) is 14.7 Å². The minimum Gasteiger partial charge on any atom is -0.319 e. The molecule has 114 valence electrons. The number of rotatable bonds is 5. The summed E-state index contributed by atoms with van der Waals surface area (Å²) in [4.78, 5) is 2.08. The largest absolute Gasteiger partial charge is 0.319 e. The molecule has 4 nitrogen and oxygen atoms in total. The molecular weight excluding hydrogens is 335 g/mol. The Bertz CT molecular complexity index is 624. The van der Waals surface area contributed by atoms with E-state index in [0.29, 0.717) is 0 Å². The van der Waals surface area contributed by atoms with Crippen LogP contribution < -0.4 is 5.73 Å². The second-order valence-electron chi connectivity index (χ2n) is 5.38. The standard InChI is InChI=1S/C15H20BrFN4/c1-10-4-5-11(17)8-12(10)14(18)15-13(16)9-19-21(15)7-6-20(2)3/h4-5,8-9,14H,6-7,18H2,1-3H3. The van der Waals surface area contributed by atoms with E-state index in [1.807, 2.05) is 25.7 Å². The fourth-order valence-corrected chi connectivity index (χ4v) is 2.79. The average Bonchev–Trinajstić information content (AvgIpc) is 2.79. The van der Waals surface area contributed by atoms with Crippen LogP contribution in [0.15, 0.2) is 28.9 Å². The predicted octanol–water partition coefficient (Wildman–Crippen LogP) is 2.70. The van der Waals surface area contributed by atoms with Gasteiger partial charge in [0, 0.05) is 6.54 Å². The van der Waals surface area contributed by atoms with Gasteiger partial charge in [0.1, 0.15) is 5.82 Å². The van der Waals surface area contributed by atoms with E-state index in [9.17, 15) is 4.39 Å². The molecule has 0 aliphatic carbocycles. The van der Waals surface area contributed by atoms with Crippen molar-refractivity contribution in [3.63, 3.8) is 0 Å². The number of aromatic nitrogens is 2. The van der Waals surface area contributed by atoms with Gasteiger partial charge in [0.2, 0.25) is 0 Å². The topological polar surface area (TPSA) is 47.1 Å². The van der Waals surface area contributed by atoms with E-state index < -0.39 is 6.04 Å². The molecule has 0 bridgehead atoms. The molecule has 21 heavy (non-hydrogen) atoms. The molecule has 0 spiro atoms. The van der Waals surface area contributed by atoms with Crippen LogP contribution in [0.3, 0.4) is 0 Å². The van der Waals surface area contributed by atoms with Crippen LogP contribution in [0.4, 0.5) is 4.39 Å². The van der Waals surface area contributed by atoms with Gasteiger partial charge in [-0.3, -0.25) is 4.68 Å². The first-order valence-electron chi connectivity index (χ1n) is 6.77. The van der Waals surface area contributed by atoms with Crippen molar-refractivity contribution in [2.24, 2.45) is 5.73 Å². The molecule has 1 heterocycles. The Hall–Kier alpha value is -1.24. The molecule has 0 aliphatic heterocycles. The van der Waals surface area contributed by atoms with Gasteiger partial charge < -0.3 is 10.6 Å². The number of hydrogen-bond donors (Lipinski definition) is 1. The second kappa shape index (κ2) is 6.68. The number of nitrogens with zero attached hydrogens (tertiary/aromatic N) is 3. The zero-order valence-electron chi connectivity index (χ0n) is 12.5. The molecule has 2 N–H and O–H groups in total. The van der Waals surface area contributed by atoms with Crippen LogP contribution in [0, 0.1) is 12.7 Å². The first kappa shape index (κ1) is 16.1. The maximum absolute atomic E-state index is 13.5. The molecule has 0 amide bonds. The molecule has 0 saturated carbocycles. The summed E-state index contributed by atoms with van der Waals surface area (Å²) in [6, 6.07) is 4.28. The molecule has 2 aromatic rings. The summed E-state index contributed by atoms with van der Waals surface area (Å²) >= 11 is 3.49. The van der Waals surface area contributed by atoms with Crippen LogP contribution in [0.2, 0.25) is 0 Å². The van der Waals surface area contributed by atoms with Crippen molar-refractivity contribution in [1.29, 1.82) is 0 Å². The van der Waals surface area contributed by atoms with E-state index in [4.69, 9.17) is 5.73 Å². The van der Waals surface area contributed by atoms with Gasteiger partial charge in [-0.25, -0.2) is 4.39 Å². The van der Waals surface area contributed by atoms with Gasteiger partial charge >= 0.3 is 0 Å². The lowest BCUT2D eigenvalue weighted by Gasteiger charge is -2.19. The van der Waals surface area contributed by atoms with E-state index in [1.165, 1.54) is 12.1 Å². The number of halogens is 2. The number of hydrogen-bond acceptors (Lipinski definition) is 3. The lowest BCUT2D eigenvalue weighted by molar-refractivity contribution is 0.368. The molecule has 2 rings (SSSR count). The SMILES string of the molecule is Cc1ccc(F)cc1C(N)c1c(Br)cnn1CCN(C)C. The van der Waals surface area contributed by atoms with Gasteiger partial charge in [0.25, 0.3) is 0 Å². The first-order valence-corrected chi connectivity index (χ1v) is 7.57. The summed E-state index contributed by atoms with van der Waals surface area (Å²) in [7, 11) is 4.02. The van der Waals surface area contributed by atoms with Gasteiger partial charge in [0.15, 0.2) is 0 Å². The maximum Gasteiger partial charge on any atom is 0.123 e. The van der Waals surface area contributed by atoms with Crippen molar-refractivity contribution >= 4 is 15.9 Å². The Morgan fingerprint density at radius 3 is 2.81 bits per heavy atom. The minimum absolute atomic E-state index is 0.276. The summed E-state index contributed by atoms with van der Waals surface area (Å²) in [5.41, 5.74) is 8.98. The van der Waals surface area contributed by atoms with E-state index >= 15 is 0 Å². The molecule has 0 aliphatic rings. The molecule has 6 heteroatoms. The highest BCUT2D eigenvalue weighted by molar-refractivity contribution is 9.10. The zero-order valence-corrected chi connectivity index (χ0v) is 14.1. The maximum atomic E-state index is 13.5. The number of likely N-dealkylation sites (N-methyl/N-ethyl adjacent to an activating group) is 1. The summed E-state index contributed by atoms with van der Waals surface area (Å²) in [5, 5.41) is 4.36. The Labute approximate surface area is 132 Å². The van der Waals surface area contributed by atoms with Crippen LogP contribution in [0.5, 0.6) is 0 Å². The van der Waals surface area contributed by atoms with E-state index in [-0.39, 0.29) is 5.82 Å². The van der Waals surface area contributed by atoms with Crippen LogP contribution in [0.1, 0.15) is 22.9 Å². The predicted molar refractivity (Wildman–Crippen MR) is 85.6 cm³/mol. The Morgan fingerprint density at radius 1 is 1.43 bits per heavy atom. The Balaban J connectivity index is 2.36. The van der Waals surface area contributed by atoms with E-state index in [2.05, 4.69) is 25.9 Å². The number of aryl methyl sites for hydroxylation is 1. The lowest BCUT2D eigenvalue weighted by atomic mass is 9.99. The highest BCUT2D eigenvalue weighted by Crippen LogP contribution is 2.29. The molecule has 1 aromatic heterocycles. The first-order chi connectivity index (χ1) is 9.90. The normalized spacial score (nSPS) is 12.9. The summed E-state index contributed by atoms with van der Waals surface area (Å²) in [6.07, 6.45) is 1.74. The highest BCUT2D eigenvalue weighted by Gasteiger charge is 2.20. The van der Waals surface area contributed by atoms with Gasteiger partial charge in [0.05, 0.1) is 29.0 Å². The Kier molecular flexibility index (Phi) is 5.13. The van der Waals surface area contributed by atoms with Crippen LogP contribution in [-0.2, 0) is 6.54 Å². The molecule has 0 radical (unpaired) electrons. The van der Waals surface area contributed by atoms with Crippen molar-refractivity contribution < 1.29 is 4.39 Å². The van der Waals surface area contributed by atoms with Crippen LogP contribution >= 0.6 is 15.9 Å². The second-order valence-corrected chi connectivity index (χ2v) is 6.24. The van der Waals surface area contributed by atoms with Crippen molar-refractivity contribution in [3.05, 3.63) is 51.5 Å². The third-order valence-electron chi connectivity index (χ3n) is 3.46. The summed E-state index contributed by atoms with van der Waals surface area (Å²) < 4.78 is 16.2. The highest BCUT2D eigenvalue weighted by atomic mass is 79.9. The molecule has 1 unspecified atom stereocenters. The van der Waals surface area contributed by atoms with Crippen LogP contribution in [0.25, 0.3) is 0 Å². The smallest absolute Gasteiger partial charge is 0.123 e. The molecule has 0 saturated heterocycles. The number of benzene rings is 1. The average molecular weight is 355 g/mol. The zero-order chi connectivity index (χ0) is 15.6. The quantitative estimate of drug-likeness (QED) is 0.897. The molecular formula is C15H20BrFN4. The third-order valence-corrected chi connectivity index (χ3v) is 4.07. The Morgan fingerprint density at radius 2 is 2.14 bits per heavy atom. The summed E-state index contributed by atoms with van der Waals surface area (Å²) in [6.45, 7) is 3.52. The van der Waals surface area contributed by atoms with Crippen molar-refractivity contribution in [3.8, 4) is 0 Å². The van der Waals surface area contributed by atoms with E-state index in [1.54, 1.807) is 12.3 Å². The van der Waals surface area contributed by atoms with Gasteiger partial charge in [-0.1, -0.05) is 6.07 Å².